The zero-order chi connectivity index (χ0) is 13.1. The number of hydrogen-bond donors (Lipinski definition) is 2. The third kappa shape index (κ3) is 2.66. The van der Waals surface area contributed by atoms with Crippen LogP contribution in [0, 0.1) is 5.92 Å². The van der Waals surface area contributed by atoms with Crippen molar-refractivity contribution in [3.05, 3.63) is 11.9 Å². The van der Waals surface area contributed by atoms with Crippen molar-refractivity contribution in [2.45, 2.75) is 52.1 Å². The van der Waals surface area contributed by atoms with E-state index in [1.54, 1.807) is 10.9 Å². The first-order valence-corrected chi connectivity index (χ1v) is 6.74. The molecule has 1 fully saturated rings. The number of rotatable bonds is 3. The van der Waals surface area contributed by atoms with Gasteiger partial charge in [0.2, 0.25) is 0 Å². The van der Waals surface area contributed by atoms with Crippen molar-refractivity contribution in [1.29, 1.82) is 0 Å². The van der Waals surface area contributed by atoms with Crippen LogP contribution in [0.2, 0.25) is 0 Å². The van der Waals surface area contributed by atoms with Gasteiger partial charge in [0, 0.05) is 12.6 Å². The molecule has 2 unspecified atom stereocenters. The summed E-state index contributed by atoms with van der Waals surface area (Å²) in [6.07, 6.45) is 6.13. The molecule has 3 N–H and O–H groups in total. The van der Waals surface area contributed by atoms with Crippen molar-refractivity contribution >= 4 is 11.6 Å². The number of carbonyl (C=O) groups excluding carboxylic acids is 1. The molecule has 0 spiro atoms. The first kappa shape index (κ1) is 12.9. The monoisotopic (exact) mass is 250 g/mol. The molecule has 5 nitrogen and oxygen atoms in total. The molecule has 1 aliphatic rings. The Labute approximate surface area is 108 Å². The van der Waals surface area contributed by atoms with E-state index in [0.29, 0.717) is 23.8 Å². The Balaban J connectivity index is 2.05. The first-order valence-electron chi connectivity index (χ1n) is 6.74. The van der Waals surface area contributed by atoms with E-state index in [1.165, 1.54) is 12.8 Å². The molecule has 1 saturated carbocycles. The van der Waals surface area contributed by atoms with Crippen molar-refractivity contribution in [1.82, 2.24) is 15.1 Å². The van der Waals surface area contributed by atoms with Gasteiger partial charge in [-0.2, -0.15) is 5.10 Å². The van der Waals surface area contributed by atoms with Crippen molar-refractivity contribution in [2.75, 3.05) is 5.73 Å². The number of nitrogens with zero attached hydrogens (tertiary/aromatic N) is 2. The highest BCUT2D eigenvalue weighted by molar-refractivity contribution is 5.97. The molecule has 18 heavy (non-hydrogen) atoms. The molecule has 0 aliphatic heterocycles. The molecule has 2 atom stereocenters. The third-order valence-corrected chi connectivity index (χ3v) is 3.65. The molecule has 100 valence electrons. The molecule has 2 rings (SSSR count). The zero-order valence-corrected chi connectivity index (χ0v) is 11.1. The van der Waals surface area contributed by atoms with Crippen LogP contribution in [0.25, 0.3) is 0 Å². The normalized spacial score (nSPS) is 23.9. The molecule has 1 heterocycles. The van der Waals surface area contributed by atoms with Crippen molar-refractivity contribution in [3.8, 4) is 0 Å². The van der Waals surface area contributed by atoms with E-state index in [0.717, 1.165) is 12.8 Å². The summed E-state index contributed by atoms with van der Waals surface area (Å²) in [4.78, 5) is 12.2. The molecular formula is C13H22N4O. The van der Waals surface area contributed by atoms with Gasteiger partial charge in [-0.1, -0.05) is 19.8 Å². The average molecular weight is 250 g/mol. The van der Waals surface area contributed by atoms with E-state index in [-0.39, 0.29) is 11.9 Å². The number of nitrogens with one attached hydrogen (secondary N) is 1. The molecule has 5 heteroatoms. The number of carbonyl (C=O) groups is 1. The van der Waals surface area contributed by atoms with Crippen LogP contribution >= 0.6 is 0 Å². The molecular weight excluding hydrogens is 228 g/mol. The smallest absolute Gasteiger partial charge is 0.271 e. The van der Waals surface area contributed by atoms with Gasteiger partial charge in [0.05, 0.1) is 11.9 Å². The largest absolute Gasteiger partial charge is 0.396 e. The minimum Gasteiger partial charge on any atom is -0.396 e. The van der Waals surface area contributed by atoms with Gasteiger partial charge < -0.3 is 11.1 Å². The molecule has 0 saturated heterocycles. The fourth-order valence-electron chi connectivity index (χ4n) is 2.71. The molecule has 1 aromatic rings. The molecule has 0 radical (unpaired) electrons. The second-order valence-electron chi connectivity index (χ2n) is 5.21. The lowest BCUT2D eigenvalue weighted by Gasteiger charge is -2.27. The third-order valence-electron chi connectivity index (χ3n) is 3.65. The number of aryl methyl sites for hydroxylation is 1. The maximum Gasteiger partial charge on any atom is 0.271 e. The lowest BCUT2D eigenvalue weighted by atomic mass is 9.87. The Morgan fingerprint density at radius 3 is 3.06 bits per heavy atom. The Morgan fingerprint density at radius 2 is 2.39 bits per heavy atom. The summed E-state index contributed by atoms with van der Waals surface area (Å²) in [7, 11) is 0. The molecule has 0 aromatic carbocycles. The SMILES string of the molecule is CCn1ncc(N)c1C(=O)NC1CCCC(C)C1. The van der Waals surface area contributed by atoms with Gasteiger partial charge in [-0.3, -0.25) is 9.48 Å². The first-order chi connectivity index (χ1) is 8.61. The quantitative estimate of drug-likeness (QED) is 0.859. The van der Waals surface area contributed by atoms with E-state index in [4.69, 9.17) is 5.73 Å². The van der Waals surface area contributed by atoms with E-state index in [1.807, 2.05) is 6.92 Å². The number of anilines is 1. The summed E-state index contributed by atoms with van der Waals surface area (Å²) >= 11 is 0. The minimum absolute atomic E-state index is 0.0917. The summed E-state index contributed by atoms with van der Waals surface area (Å²) < 4.78 is 1.65. The summed E-state index contributed by atoms with van der Waals surface area (Å²) in [5, 5.41) is 7.18. The van der Waals surface area contributed by atoms with Gasteiger partial charge in [-0.25, -0.2) is 0 Å². The highest BCUT2D eigenvalue weighted by atomic mass is 16.2. The fourth-order valence-corrected chi connectivity index (χ4v) is 2.71. The summed E-state index contributed by atoms with van der Waals surface area (Å²) in [5.74, 6) is 0.600. The number of amides is 1. The second kappa shape index (κ2) is 5.42. The number of aromatic nitrogens is 2. The fraction of sp³-hybridized carbons (Fsp3) is 0.692. The average Bonchev–Trinajstić information content (AvgIpc) is 2.70. The molecule has 1 amide bonds. The predicted molar refractivity (Wildman–Crippen MR) is 71.2 cm³/mol. The maximum atomic E-state index is 12.2. The summed E-state index contributed by atoms with van der Waals surface area (Å²) in [6.45, 7) is 4.84. The van der Waals surface area contributed by atoms with E-state index < -0.39 is 0 Å². The highest BCUT2D eigenvalue weighted by Crippen LogP contribution is 2.24. The van der Waals surface area contributed by atoms with Crippen LogP contribution in [-0.4, -0.2) is 21.7 Å². The molecule has 0 bridgehead atoms. The van der Waals surface area contributed by atoms with E-state index in [9.17, 15) is 4.79 Å². The zero-order valence-electron chi connectivity index (χ0n) is 11.1. The minimum atomic E-state index is -0.0917. The van der Waals surface area contributed by atoms with Crippen LogP contribution < -0.4 is 11.1 Å². The van der Waals surface area contributed by atoms with Gasteiger partial charge in [-0.05, 0) is 25.7 Å². The van der Waals surface area contributed by atoms with Crippen molar-refractivity contribution in [2.24, 2.45) is 5.92 Å². The van der Waals surface area contributed by atoms with Gasteiger partial charge in [-0.15, -0.1) is 0 Å². The number of nitrogens with two attached hydrogens (primary N) is 1. The van der Waals surface area contributed by atoms with Crippen LogP contribution in [0.3, 0.4) is 0 Å². The number of hydrogen-bond acceptors (Lipinski definition) is 3. The Hall–Kier alpha value is -1.52. The lowest BCUT2D eigenvalue weighted by Crippen LogP contribution is -2.39. The van der Waals surface area contributed by atoms with Gasteiger partial charge >= 0.3 is 0 Å². The van der Waals surface area contributed by atoms with Crippen LogP contribution in [0.1, 0.15) is 50.0 Å². The van der Waals surface area contributed by atoms with E-state index in [2.05, 4.69) is 17.3 Å². The Bertz CT molecular complexity index is 427. The van der Waals surface area contributed by atoms with Crippen LogP contribution in [-0.2, 0) is 6.54 Å². The van der Waals surface area contributed by atoms with E-state index >= 15 is 0 Å². The van der Waals surface area contributed by atoms with Crippen LogP contribution in [0.5, 0.6) is 0 Å². The van der Waals surface area contributed by atoms with Crippen molar-refractivity contribution in [3.63, 3.8) is 0 Å². The number of nitrogen functional groups attached to an aromatic ring is 1. The molecule has 1 aliphatic carbocycles. The van der Waals surface area contributed by atoms with Gasteiger partial charge in [0.25, 0.3) is 5.91 Å². The van der Waals surface area contributed by atoms with Crippen LogP contribution in [0.4, 0.5) is 5.69 Å². The summed E-state index contributed by atoms with van der Waals surface area (Å²) in [5.41, 5.74) is 6.76. The Morgan fingerprint density at radius 1 is 1.61 bits per heavy atom. The van der Waals surface area contributed by atoms with Crippen LogP contribution in [0.15, 0.2) is 6.20 Å². The van der Waals surface area contributed by atoms with Gasteiger partial charge in [0.1, 0.15) is 5.69 Å². The maximum absolute atomic E-state index is 12.2. The van der Waals surface area contributed by atoms with Crippen molar-refractivity contribution < 1.29 is 4.79 Å². The highest BCUT2D eigenvalue weighted by Gasteiger charge is 2.23. The second-order valence-corrected chi connectivity index (χ2v) is 5.21. The topological polar surface area (TPSA) is 72.9 Å². The Kier molecular flexibility index (Phi) is 3.89. The predicted octanol–water partition coefficient (Wildman–Crippen LogP) is 1.79. The van der Waals surface area contributed by atoms with Gasteiger partial charge in [0.15, 0.2) is 0 Å². The summed E-state index contributed by atoms with van der Waals surface area (Å²) in [6, 6.07) is 0.279. The lowest BCUT2D eigenvalue weighted by molar-refractivity contribution is 0.0911. The standard InChI is InChI=1S/C13H22N4O/c1-3-17-12(11(14)8-15-17)13(18)16-10-6-4-5-9(2)7-10/h8-10H,3-7,14H2,1-2H3,(H,16,18). The molecule has 1 aromatic heterocycles.